The van der Waals surface area contributed by atoms with Crippen molar-refractivity contribution in [3.8, 4) is 0 Å². The molecule has 1 N–H and O–H groups in total. The molecule has 0 saturated carbocycles. The third-order valence-electron chi connectivity index (χ3n) is 5.88. The standard InChI is InChI=1S/C21H28N6O2/c1-3-10-27-17-18(24(2)21(29)23-19(17)28)22-20(27)26-14-12-25(13-15-26)11-9-16-7-5-4-6-8-16/h3-8,17-18H,1,9-15H2,2H3,(H,23,28,29). The summed E-state index contributed by atoms with van der Waals surface area (Å²) in [6.07, 6.45) is 2.33. The molecule has 29 heavy (non-hydrogen) atoms. The van der Waals surface area contributed by atoms with E-state index in [-0.39, 0.29) is 5.91 Å². The number of hydrogen-bond acceptors (Lipinski definition) is 6. The van der Waals surface area contributed by atoms with E-state index in [1.807, 2.05) is 11.0 Å². The fourth-order valence-electron chi connectivity index (χ4n) is 4.21. The van der Waals surface area contributed by atoms with Crippen molar-refractivity contribution in [2.45, 2.75) is 18.6 Å². The number of hydrogen-bond donors (Lipinski definition) is 1. The number of rotatable bonds is 5. The van der Waals surface area contributed by atoms with Gasteiger partial charge < -0.3 is 14.7 Å². The zero-order valence-electron chi connectivity index (χ0n) is 16.8. The maximum atomic E-state index is 12.5. The lowest BCUT2D eigenvalue weighted by Gasteiger charge is -2.40. The molecule has 4 rings (SSSR count). The van der Waals surface area contributed by atoms with Crippen molar-refractivity contribution in [3.05, 3.63) is 48.6 Å². The number of amides is 3. The van der Waals surface area contributed by atoms with Crippen LogP contribution in [0.15, 0.2) is 48.0 Å². The number of carbonyl (C=O) groups excluding carboxylic acids is 2. The van der Waals surface area contributed by atoms with Gasteiger partial charge in [0, 0.05) is 46.3 Å². The molecule has 8 heteroatoms. The van der Waals surface area contributed by atoms with Crippen LogP contribution in [0.5, 0.6) is 0 Å². The molecular formula is C21H28N6O2. The first-order chi connectivity index (χ1) is 14.1. The van der Waals surface area contributed by atoms with E-state index < -0.39 is 18.2 Å². The molecule has 0 spiro atoms. The van der Waals surface area contributed by atoms with Crippen molar-refractivity contribution in [2.24, 2.45) is 4.99 Å². The lowest BCUT2D eigenvalue weighted by atomic mass is 10.1. The fraction of sp³-hybridized carbons (Fsp3) is 0.476. The second-order valence-corrected chi connectivity index (χ2v) is 7.70. The predicted octanol–water partition coefficient (Wildman–Crippen LogP) is 0.581. The Morgan fingerprint density at radius 1 is 1.17 bits per heavy atom. The van der Waals surface area contributed by atoms with Crippen molar-refractivity contribution < 1.29 is 9.59 Å². The zero-order valence-corrected chi connectivity index (χ0v) is 16.8. The van der Waals surface area contributed by atoms with Gasteiger partial charge in [-0.1, -0.05) is 36.4 Å². The van der Waals surface area contributed by atoms with E-state index >= 15 is 0 Å². The number of nitrogens with one attached hydrogen (secondary N) is 1. The number of imide groups is 1. The van der Waals surface area contributed by atoms with Gasteiger partial charge in [-0.05, 0) is 12.0 Å². The van der Waals surface area contributed by atoms with E-state index in [0.29, 0.717) is 6.54 Å². The van der Waals surface area contributed by atoms with Crippen molar-refractivity contribution in [3.63, 3.8) is 0 Å². The second-order valence-electron chi connectivity index (χ2n) is 7.70. The highest BCUT2D eigenvalue weighted by Gasteiger charge is 2.49. The molecule has 0 aromatic heterocycles. The molecular weight excluding hydrogens is 368 g/mol. The maximum absolute atomic E-state index is 12.5. The number of carbonyl (C=O) groups is 2. The SMILES string of the molecule is C=CCN1C(N2CCN(CCc3ccccc3)CC2)=NC2C1C(=O)NC(=O)N2C. The average Bonchev–Trinajstić information content (AvgIpc) is 3.12. The molecule has 0 radical (unpaired) electrons. The molecule has 8 nitrogen and oxygen atoms in total. The largest absolute Gasteiger partial charge is 0.340 e. The minimum absolute atomic E-state index is 0.291. The quantitative estimate of drug-likeness (QED) is 0.738. The minimum atomic E-state index is -0.498. The van der Waals surface area contributed by atoms with Gasteiger partial charge in [-0.2, -0.15) is 0 Å². The van der Waals surface area contributed by atoms with E-state index in [4.69, 9.17) is 4.99 Å². The molecule has 3 aliphatic heterocycles. The summed E-state index contributed by atoms with van der Waals surface area (Å²) in [4.78, 5) is 37.4. The molecule has 2 saturated heterocycles. The summed E-state index contributed by atoms with van der Waals surface area (Å²) in [7, 11) is 1.68. The Balaban J connectivity index is 1.40. The third-order valence-corrected chi connectivity index (χ3v) is 5.88. The molecule has 3 heterocycles. The first kappa shape index (κ1) is 19.4. The molecule has 1 aromatic carbocycles. The highest BCUT2D eigenvalue weighted by atomic mass is 16.2. The summed E-state index contributed by atoms with van der Waals surface area (Å²) in [5.74, 6) is 0.500. The van der Waals surface area contributed by atoms with Gasteiger partial charge in [0.2, 0.25) is 0 Å². The van der Waals surface area contributed by atoms with Gasteiger partial charge in [-0.3, -0.25) is 15.0 Å². The number of guanidine groups is 1. The van der Waals surface area contributed by atoms with Crippen LogP contribution in [0.2, 0.25) is 0 Å². The van der Waals surface area contributed by atoms with Crippen LogP contribution in [-0.4, -0.2) is 96.0 Å². The second kappa shape index (κ2) is 8.24. The molecule has 154 valence electrons. The Hall–Kier alpha value is -2.87. The van der Waals surface area contributed by atoms with Crippen LogP contribution < -0.4 is 5.32 Å². The third kappa shape index (κ3) is 3.85. The number of nitrogens with zero attached hydrogens (tertiary/aromatic N) is 5. The average molecular weight is 396 g/mol. The molecule has 2 fully saturated rings. The summed E-state index contributed by atoms with van der Waals surface area (Å²) in [6.45, 7) is 8.97. The van der Waals surface area contributed by atoms with Crippen LogP contribution in [-0.2, 0) is 11.2 Å². The normalized spacial score (nSPS) is 25.0. The van der Waals surface area contributed by atoms with E-state index in [9.17, 15) is 9.59 Å². The van der Waals surface area contributed by atoms with Gasteiger partial charge >= 0.3 is 6.03 Å². The Bertz CT molecular complexity index is 803. The molecule has 0 aliphatic carbocycles. The van der Waals surface area contributed by atoms with Gasteiger partial charge in [0.25, 0.3) is 5.91 Å². The van der Waals surface area contributed by atoms with Crippen molar-refractivity contribution in [1.82, 2.24) is 24.9 Å². The van der Waals surface area contributed by atoms with Crippen LogP contribution in [0.25, 0.3) is 0 Å². The van der Waals surface area contributed by atoms with Crippen molar-refractivity contribution in [2.75, 3.05) is 46.3 Å². The van der Waals surface area contributed by atoms with E-state index in [2.05, 4.69) is 46.0 Å². The summed E-state index contributed by atoms with van der Waals surface area (Å²) in [5, 5.41) is 2.42. The first-order valence-corrected chi connectivity index (χ1v) is 10.1. The number of benzene rings is 1. The van der Waals surface area contributed by atoms with Gasteiger partial charge in [0.15, 0.2) is 18.2 Å². The van der Waals surface area contributed by atoms with Crippen molar-refractivity contribution in [1.29, 1.82) is 0 Å². The summed E-state index contributed by atoms with van der Waals surface area (Å²) in [5.41, 5.74) is 1.36. The van der Waals surface area contributed by atoms with Gasteiger partial charge in [0.1, 0.15) is 0 Å². The van der Waals surface area contributed by atoms with Crippen LogP contribution in [0.4, 0.5) is 4.79 Å². The number of piperazine rings is 1. The van der Waals surface area contributed by atoms with Crippen LogP contribution in [0.3, 0.4) is 0 Å². The Labute approximate surface area is 171 Å². The fourth-order valence-corrected chi connectivity index (χ4v) is 4.21. The highest BCUT2D eigenvalue weighted by molar-refractivity contribution is 6.03. The maximum Gasteiger partial charge on any atom is 0.325 e. The summed E-state index contributed by atoms with van der Waals surface area (Å²) < 4.78 is 0. The molecule has 2 unspecified atom stereocenters. The predicted molar refractivity (Wildman–Crippen MR) is 111 cm³/mol. The smallest absolute Gasteiger partial charge is 0.325 e. The Morgan fingerprint density at radius 3 is 2.59 bits per heavy atom. The van der Waals surface area contributed by atoms with Crippen LogP contribution in [0.1, 0.15) is 5.56 Å². The van der Waals surface area contributed by atoms with Gasteiger partial charge in [-0.25, -0.2) is 9.79 Å². The van der Waals surface area contributed by atoms with E-state index in [1.54, 1.807) is 13.1 Å². The Morgan fingerprint density at radius 2 is 1.90 bits per heavy atom. The number of aliphatic imine (C=N–C) groups is 1. The van der Waals surface area contributed by atoms with Crippen LogP contribution in [0, 0.1) is 0 Å². The molecule has 3 aliphatic rings. The number of fused-ring (bicyclic) bond motifs is 1. The number of urea groups is 1. The summed E-state index contributed by atoms with van der Waals surface area (Å²) in [6, 6.07) is 9.64. The van der Waals surface area contributed by atoms with Crippen LogP contribution >= 0.6 is 0 Å². The monoisotopic (exact) mass is 396 g/mol. The topological polar surface area (TPSA) is 71.5 Å². The lowest BCUT2D eigenvalue weighted by molar-refractivity contribution is -0.127. The van der Waals surface area contributed by atoms with E-state index in [0.717, 1.165) is 45.1 Å². The minimum Gasteiger partial charge on any atom is -0.340 e. The zero-order chi connectivity index (χ0) is 20.4. The lowest BCUT2D eigenvalue weighted by Crippen LogP contribution is -2.64. The molecule has 2 atom stereocenters. The summed E-state index contributed by atoms with van der Waals surface area (Å²) >= 11 is 0. The number of likely N-dealkylation sites (N-methyl/N-ethyl adjacent to an activating group) is 1. The van der Waals surface area contributed by atoms with Gasteiger partial charge in [0.05, 0.1) is 0 Å². The van der Waals surface area contributed by atoms with Crippen molar-refractivity contribution >= 4 is 17.9 Å². The molecule has 1 aromatic rings. The molecule has 0 bridgehead atoms. The first-order valence-electron chi connectivity index (χ1n) is 10.1. The van der Waals surface area contributed by atoms with E-state index in [1.165, 1.54) is 10.5 Å². The van der Waals surface area contributed by atoms with Gasteiger partial charge in [-0.15, -0.1) is 6.58 Å². The Kier molecular flexibility index (Phi) is 5.53. The molecule has 3 amide bonds. The highest BCUT2D eigenvalue weighted by Crippen LogP contribution is 2.25.